The minimum atomic E-state index is -0.190. The number of aliphatic imine (C=N–C) groups is 1. The SMILES string of the molecule is CC1CCC2(CC1)CSC(=NCc1ccc(F)cc1)N2. The molecule has 1 N–H and O–H groups in total. The molecule has 20 heavy (non-hydrogen) atoms. The summed E-state index contributed by atoms with van der Waals surface area (Å²) in [5.41, 5.74) is 1.35. The van der Waals surface area contributed by atoms with Crippen LogP contribution in [0.4, 0.5) is 4.39 Å². The van der Waals surface area contributed by atoms with Gasteiger partial charge in [-0.3, -0.25) is 4.99 Å². The van der Waals surface area contributed by atoms with Crippen molar-refractivity contribution in [2.24, 2.45) is 10.9 Å². The van der Waals surface area contributed by atoms with Crippen LogP contribution in [0.15, 0.2) is 29.3 Å². The van der Waals surface area contributed by atoms with E-state index in [9.17, 15) is 4.39 Å². The zero-order valence-corrected chi connectivity index (χ0v) is 12.7. The predicted molar refractivity (Wildman–Crippen MR) is 83.5 cm³/mol. The number of hydrogen-bond acceptors (Lipinski definition) is 2. The molecule has 1 saturated carbocycles. The minimum Gasteiger partial charge on any atom is -0.359 e. The average molecular weight is 292 g/mol. The second-order valence-corrected chi connectivity index (χ2v) is 7.09. The van der Waals surface area contributed by atoms with E-state index in [0.717, 1.165) is 22.4 Å². The Labute approximate surface area is 124 Å². The van der Waals surface area contributed by atoms with Crippen molar-refractivity contribution in [3.8, 4) is 0 Å². The largest absolute Gasteiger partial charge is 0.359 e. The van der Waals surface area contributed by atoms with Gasteiger partial charge in [0.15, 0.2) is 5.17 Å². The van der Waals surface area contributed by atoms with Crippen molar-refractivity contribution in [3.63, 3.8) is 0 Å². The van der Waals surface area contributed by atoms with Gasteiger partial charge in [0.25, 0.3) is 0 Å². The Hall–Kier alpha value is -1.03. The van der Waals surface area contributed by atoms with Crippen molar-refractivity contribution in [2.75, 3.05) is 5.75 Å². The molecule has 1 aliphatic heterocycles. The van der Waals surface area contributed by atoms with E-state index in [1.54, 1.807) is 12.1 Å². The zero-order chi connectivity index (χ0) is 14.0. The monoisotopic (exact) mass is 292 g/mol. The van der Waals surface area contributed by atoms with Gasteiger partial charge >= 0.3 is 0 Å². The minimum absolute atomic E-state index is 0.190. The van der Waals surface area contributed by atoms with Gasteiger partial charge in [-0.1, -0.05) is 30.8 Å². The molecule has 108 valence electrons. The second-order valence-electron chi connectivity index (χ2n) is 6.12. The lowest BCUT2D eigenvalue weighted by Gasteiger charge is -2.35. The molecule has 0 aromatic heterocycles. The number of hydrogen-bond donors (Lipinski definition) is 1. The van der Waals surface area contributed by atoms with Crippen LogP contribution < -0.4 is 5.32 Å². The number of rotatable bonds is 2. The predicted octanol–water partition coefficient (Wildman–Crippen LogP) is 3.97. The standard InChI is InChI=1S/C16H21FN2S/c1-12-6-8-16(9-7-12)11-20-15(19-16)18-10-13-2-4-14(17)5-3-13/h2-5,12H,6-11H2,1H3,(H,18,19). The van der Waals surface area contributed by atoms with Gasteiger partial charge in [0.2, 0.25) is 0 Å². The Morgan fingerprint density at radius 3 is 2.70 bits per heavy atom. The summed E-state index contributed by atoms with van der Waals surface area (Å²) in [5.74, 6) is 1.82. The van der Waals surface area contributed by atoms with Gasteiger partial charge in [-0.05, 0) is 49.3 Å². The maximum absolute atomic E-state index is 12.8. The van der Waals surface area contributed by atoms with Gasteiger partial charge in [-0.25, -0.2) is 4.39 Å². The maximum Gasteiger partial charge on any atom is 0.157 e. The van der Waals surface area contributed by atoms with Crippen LogP contribution in [0, 0.1) is 11.7 Å². The van der Waals surface area contributed by atoms with Crippen molar-refractivity contribution in [2.45, 2.75) is 44.7 Å². The highest BCUT2D eigenvalue weighted by atomic mass is 32.2. The molecule has 2 nitrogen and oxygen atoms in total. The third-order valence-electron chi connectivity index (χ3n) is 4.41. The molecule has 4 heteroatoms. The number of halogens is 1. The first kappa shape index (κ1) is 13.9. The lowest BCUT2D eigenvalue weighted by atomic mass is 9.78. The molecular formula is C16H21FN2S. The molecule has 1 saturated heterocycles. The molecule has 1 heterocycles. The summed E-state index contributed by atoms with van der Waals surface area (Å²) < 4.78 is 12.8. The summed E-state index contributed by atoms with van der Waals surface area (Å²) in [6.45, 7) is 2.97. The lowest BCUT2D eigenvalue weighted by molar-refractivity contribution is 0.251. The summed E-state index contributed by atoms with van der Waals surface area (Å²) in [6.07, 6.45) is 5.16. The second kappa shape index (κ2) is 5.76. The summed E-state index contributed by atoms with van der Waals surface area (Å²) in [4.78, 5) is 4.64. The summed E-state index contributed by atoms with van der Waals surface area (Å²) >= 11 is 1.84. The number of nitrogens with one attached hydrogen (secondary N) is 1. The zero-order valence-electron chi connectivity index (χ0n) is 11.9. The third kappa shape index (κ3) is 3.17. The van der Waals surface area contributed by atoms with Crippen LogP contribution in [0.25, 0.3) is 0 Å². The fourth-order valence-corrected chi connectivity index (χ4v) is 4.15. The normalized spacial score (nSPS) is 31.7. The molecule has 0 bridgehead atoms. The smallest absolute Gasteiger partial charge is 0.157 e. The van der Waals surface area contributed by atoms with E-state index in [4.69, 9.17) is 0 Å². The molecule has 0 radical (unpaired) electrons. The van der Waals surface area contributed by atoms with E-state index in [1.807, 2.05) is 11.8 Å². The number of amidine groups is 1. The highest BCUT2D eigenvalue weighted by Gasteiger charge is 2.39. The Morgan fingerprint density at radius 1 is 1.30 bits per heavy atom. The molecule has 0 unspecified atom stereocenters. The Kier molecular flexibility index (Phi) is 4.01. The van der Waals surface area contributed by atoms with Gasteiger partial charge < -0.3 is 5.32 Å². The van der Waals surface area contributed by atoms with Gasteiger partial charge in [0.1, 0.15) is 5.82 Å². The van der Waals surface area contributed by atoms with Crippen molar-refractivity contribution in [3.05, 3.63) is 35.6 Å². The fraction of sp³-hybridized carbons (Fsp3) is 0.562. The third-order valence-corrected chi connectivity index (χ3v) is 5.61. The van der Waals surface area contributed by atoms with Crippen LogP contribution in [0.5, 0.6) is 0 Å². The molecule has 1 aromatic rings. The van der Waals surface area contributed by atoms with E-state index in [-0.39, 0.29) is 5.82 Å². The van der Waals surface area contributed by atoms with E-state index >= 15 is 0 Å². The van der Waals surface area contributed by atoms with Crippen LogP contribution in [-0.4, -0.2) is 16.5 Å². The lowest BCUT2D eigenvalue weighted by Crippen LogP contribution is -2.46. The van der Waals surface area contributed by atoms with Crippen molar-refractivity contribution in [1.29, 1.82) is 0 Å². The molecule has 2 aliphatic rings. The highest BCUT2D eigenvalue weighted by Crippen LogP contribution is 2.38. The van der Waals surface area contributed by atoms with E-state index in [1.165, 1.54) is 37.8 Å². The summed E-state index contributed by atoms with van der Waals surface area (Å²) in [5, 5.41) is 4.71. The first-order chi connectivity index (χ1) is 9.65. The van der Waals surface area contributed by atoms with Gasteiger partial charge in [-0.2, -0.15) is 0 Å². The molecule has 0 atom stereocenters. The first-order valence-electron chi connectivity index (χ1n) is 7.35. The molecule has 1 aliphatic carbocycles. The molecule has 2 fully saturated rings. The van der Waals surface area contributed by atoms with Crippen LogP contribution in [0.1, 0.15) is 38.2 Å². The topological polar surface area (TPSA) is 24.4 Å². The number of thioether (sulfide) groups is 1. The van der Waals surface area contributed by atoms with Gasteiger partial charge in [0, 0.05) is 11.3 Å². The van der Waals surface area contributed by atoms with Crippen molar-refractivity contribution in [1.82, 2.24) is 5.32 Å². The molecule has 1 spiro atoms. The molecular weight excluding hydrogens is 271 g/mol. The van der Waals surface area contributed by atoms with Crippen LogP contribution in [-0.2, 0) is 6.54 Å². The van der Waals surface area contributed by atoms with Gasteiger partial charge in [-0.15, -0.1) is 0 Å². The molecule has 0 amide bonds. The highest BCUT2D eigenvalue weighted by molar-refractivity contribution is 8.14. The summed E-state index contributed by atoms with van der Waals surface area (Å²) in [7, 11) is 0. The average Bonchev–Trinajstić information content (AvgIpc) is 2.85. The molecule has 1 aromatic carbocycles. The van der Waals surface area contributed by atoms with Crippen molar-refractivity contribution >= 4 is 16.9 Å². The number of benzene rings is 1. The van der Waals surface area contributed by atoms with Crippen LogP contribution in [0.2, 0.25) is 0 Å². The van der Waals surface area contributed by atoms with E-state index < -0.39 is 0 Å². The summed E-state index contributed by atoms with van der Waals surface area (Å²) in [6, 6.07) is 6.59. The van der Waals surface area contributed by atoms with E-state index in [2.05, 4.69) is 17.2 Å². The maximum atomic E-state index is 12.8. The van der Waals surface area contributed by atoms with Gasteiger partial charge in [0.05, 0.1) is 6.54 Å². The Morgan fingerprint density at radius 2 is 2.00 bits per heavy atom. The van der Waals surface area contributed by atoms with E-state index in [0.29, 0.717) is 12.1 Å². The van der Waals surface area contributed by atoms with Crippen molar-refractivity contribution < 1.29 is 4.39 Å². The Balaban J connectivity index is 1.59. The van der Waals surface area contributed by atoms with Crippen LogP contribution in [0.3, 0.4) is 0 Å². The fourth-order valence-electron chi connectivity index (χ4n) is 2.93. The Bertz CT molecular complexity index is 490. The quantitative estimate of drug-likeness (QED) is 0.892. The first-order valence-corrected chi connectivity index (χ1v) is 8.34. The number of nitrogens with zero attached hydrogens (tertiary/aromatic N) is 1. The van der Waals surface area contributed by atoms with Crippen LogP contribution >= 0.6 is 11.8 Å². The molecule has 3 rings (SSSR count).